The van der Waals surface area contributed by atoms with Gasteiger partial charge in [0.1, 0.15) is 11.6 Å². The third-order valence-electron chi connectivity index (χ3n) is 2.69. The molecule has 0 radical (unpaired) electrons. The maximum Gasteiger partial charge on any atom is 0.169 e. The molecule has 86 valence electrons. The number of furan rings is 1. The highest BCUT2D eigenvalue weighted by Crippen LogP contribution is 2.20. The number of halogens is 2. The summed E-state index contributed by atoms with van der Waals surface area (Å²) >= 11 is 3.27. The Hall–Kier alpha value is -1.55. The molecule has 0 saturated carbocycles. The normalized spacial score (nSPS) is 11.2. The van der Waals surface area contributed by atoms with E-state index in [-0.39, 0.29) is 5.82 Å². The van der Waals surface area contributed by atoms with Crippen LogP contribution in [0.3, 0.4) is 0 Å². The lowest BCUT2D eigenvalue weighted by atomic mass is 10.2. The zero-order valence-electron chi connectivity index (χ0n) is 8.86. The minimum absolute atomic E-state index is 0.212. The van der Waals surface area contributed by atoms with E-state index in [0.717, 1.165) is 21.3 Å². The first-order valence-electron chi connectivity index (χ1n) is 5.21. The van der Waals surface area contributed by atoms with Gasteiger partial charge >= 0.3 is 0 Å². The lowest BCUT2D eigenvalue weighted by Gasteiger charge is -2.02. The standard InChI is InChI=1S/C13H9BrFNO/c14-13-4-2-11(17-13)8-16-6-5-9-7-10(15)1-3-12(9)16/h1-7H,8H2. The average molecular weight is 294 g/mol. The molecule has 0 aliphatic rings. The summed E-state index contributed by atoms with van der Waals surface area (Å²) in [4.78, 5) is 0. The van der Waals surface area contributed by atoms with Gasteiger partial charge in [-0.3, -0.25) is 0 Å². The van der Waals surface area contributed by atoms with Gasteiger partial charge in [-0.2, -0.15) is 0 Å². The van der Waals surface area contributed by atoms with Crippen molar-refractivity contribution in [2.75, 3.05) is 0 Å². The second-order valence-corrected chi connectivity index (χ2v) is 4.63. The Morgan fingerprint density at radius 3 is 2.82 bits per heavy atom. The molecule has 0 N–H and O–H groups in total. The first-order chi connectivity index (χ1) is 8.22. The van der Waals surface area contributed by atoms with E-state index in [1.165, 1.54) is 12.1 Å². The summed E-state index contributed by atoms with van der Waals surface area (Å²) in [6.45, 7) is 0.640. The number of hydrogen-bond donors (Lipinski definition) is 0. The van der Waals surface area contributed by atoms with Gasteiger partial charge in [0.25, 0.3) is 0 Å². The van der Waals surface area contributed by atoms with Crippen LogP contribution in [0.4, 0.5) is 4.39 Å². The molecule has 0 saturated heterocycles. The molecule has 0 unspecified atom stereocenters. The number of hydrogen-bond acceptors (Lipinski definition) is 1. The van der Waals surface area contributed by atoms with Crippen LogP contribution < -0.4 is 0 Å². The number of aromatic nitrogens is 1. The number of benzene rings is 1. The summed E-state index contributed by atoms with van der Waals surface area (Å²) in [5.41, 5.74) is 0.999. The van der Waals surface area contributed by atoms with E-state index >= 15 is 0 Å². The van der Waals surface area contributed by atoms with Crippen LogP contribution in [0.25, 0.3) is 10.9 Å². The predicted octanol–water partition coefficient (Wildman–Crippen LogP) is 4.18. The topological polar surface area (TPSA) is 18.1 Å². The van der Waals surface area contributed by atoms with Crippen LogP contribution in [0.15, 0.2) is 51.7 Å². The van der Waals surface area contributed by atoms with Gasteiger partial charge in [0, 0.05) is 17.1 Å². The fraction of sp³-hybridized carbons (Fsp3) is 0.0769. The van der Waals surface area contributed by atoms with Crippen LogP contribution in [0.2, 0.25) is 0 Å². The van der Waals surface area contributed by atoms with Crippen LogP contribution in [-0.2, 0) is 6.54 Å². The Kier molecular flexibility index (Phi) is 2.52. The van der Waals surface area contributed by atoms with E-state index in [1.807, 2.05) is 29.0 Å². The molecular weight excluding hydrogens is 285 g/mol. The van der Waals surface area contributed by atoms with Crippen LogP contribution in [0.1, 0.15) is 5.76 Å². The summed E-state index contributed by atoms with van der Waals surface area (Å²) in [6, 6.07) is 10.5. The lowest BCUT2D eigenvalue weighted by Crippen LogP contribution is -1.96. The molecule has 0 fully saturated rings. The highest BCUT2D eigenvalue weighted by Gasteiger charge is 2.05. The number of fused-ring (bicyclic) bond motifs is 1. The summed E-state index contributed by atoms with van der Waals surface area (Å²) in [5, 5.41) is 0.899. The van der Waals surface area contributed by atoms with E-state index in [2.05, 4.69) is 15.9 Å². The van der Waals surface area contributed by atoms with Crippen molar-refractivity contribution < 1.29 is 8.81 Å². The number of rotatable bonds is 2. The molecule has 4 heteroatoms. The second kappa shape index (κ2) is 4.04. The van der Waals surface area contributed by atoms with Crippen LogP contribution in [0.5, 0.6) is 0 Å². The van der Waals surface area contributed by atoms with Gasteiger partial charge in [-0.15, -0.1) is 0 Å². The summed E-state index contributed by atoms with van der Waals surface area (Å²) < 4.78 is 21.2. The SMILES string of the molecule is Fc1ccc2c(ccn2Cc2ccc(Br)o2)c1. The molecule has 3 rings (SSSR count). The van der Waals surface area contributed by atoms with Gasteiger partial charge in [-0.05, 0) is 52.3 Å². The van der Waals surface area contributed by atoms with Gasteiger partial charge in [0.2, 0.25) is 0 Å². The van der Waals surface area contributed by atoms with Gasteiger partial charge in [0.15, 0.2) is 4.67 Å². The first-order valence-corrected chi connectivity index (χ1v) is 6.00. The summed E-state index contributed by atoms with van der Waals surface area (Å²) in [6.07, 6.45) is 1.93. The van der Waals surface area contributed by atoms with E-state index in [1.54, 1.807) is 6.07 Å². The van der Waals surface area contributed by atoms with Crippen molar-refractivity contribution in [1.82, 2.24) is 4.57 Å². The molecule has 2 aromatic heterocycles. The van der Waals surface area contributed by atoms with Crippen LogP contribution in [0, 0.1) is 5.82 Å². The quantitative estimate of drug-likeness (QED) is 0.693. The molecule has 0 bridgehead atoms. The van der Waals surface area contributed by atoms with E-state index < -0.39 is 0 Å². The van der Waals surface area contributed by atoms with Crippen molar-refractivity contribution >= 4 is 26.8 Å². The van der Waals surface area contributed by atoms with Crippen molar-refractivity contribution in [1.29, 1.82) is 0 Å². The van der Waals surface area contributed by atoms with E-state index in [0.29, 0.717) is 6.54 Å². The lowest BCUT2D eigenvalue weighted by molar-refractivity contribution is 0.477. The Morgan fingerprint density at radius 1 is 1.18 bits per heavy atom. The van der Waals surface area contributed by atoms with Gasteiger partial charge < -0.3 is 8.98 Å². The van der Waals surface area contributed by atoms with E-state index in [4.69, 9.17) is 4.42 Å². The summed E-state index contributed by atoms with van der Waals surface area (Å²) in [7, 11) is 0. The molecule has 2 heterocycles. The predicted molar refractivity (Wildman–Crippen MR) is 67.4 cm³/mol. The van der Waals surface area contributed by atoms with Crippen molar-refractivity contribution in [3.05, 3.63) is 58.8 Å². The van der Waals surface area contributed by atoms with Gasteiger partial charge in [-0.25, -0.2) is 4.39 Å². The Balaban J connectivity index is 2.00. The molecule has 0 aliphatic carbocycles. The molecule has 17 heavy (non-hydrogen) atoms. The third kappa shape index (κ3) is 2.00. The van der Waals surface area contributed by atoms with Crippen molar-refractivity contribution in [2.24, 2.45) is 0 Å². The number of nitrogens with zero attached hydrogens (tertiary/aromatic N) is 1. The summed E-state index contributed by atoms with van der Waals surface area (Å²) in [5.74, 6) is 0.648. The van der Waals surface area contributed by atoms with Gasteiger partial charge in [-0.1, -0.05) is 0 Å². The molecule has 0 spiro atoms. The molecule has 1 aromatic carbocycles. The fourth-order valence-corrected chi connectivity index (χ4v) is 2.25. The second-order valence-electron chi connectivity index (χ2n) is 3.85. The monoisotopic (exact) mass is 293 g/mol. The zero-order valence-corrected chi connectivity index (χ0v) is 10.4. The van der Waals surface area contributed by atoms with E-state index in [9.17, 15) is 4.39 Å². The molecule has 0 aliphatic heterocycles. The average Bonchev–Trinajstić information content (AvgIpc) is 2.86. The molecule has 0 amide bonds. The van der Waals surface area contributed by atoms with Crippen LogP contribution in [-0.4, -0.2) is 4.57 Å². The molecular formula is C13H9BrFNO. The zero-order chi connectivity index (χ0) is 11.8. The maximum atomic E-state index is 13.0. The highest BCUT2D eigenvalue weighted by atomic mass is 79.9. The molecule has 3 aromatic rings. The largest absolute Gasteiger partial charge is 0.452 e. The fourth-order valence-electron chi connectivity index (χ4n) is 1.91. The highest BCUT2D eigenvalue weighted by molar-refractivity contribution is 9.10. The van der Waals surface area contributed by atoms with Crippen LogP contribution >= 0.6 is 15.9 Å². The Bertz CT molecular complexity index is 671. The minimum Gasteiger partial charge on any atom is -0.452 e. The minimum atomic E-state index is -0.212. The Morgan fingerprint density at radius 2 is 2.06 bits per heavy atom. The third-order valence-corrected chi connectivity index (χ3v) is 3.11. The smallest absolute Gasteiger partial charge is 0.169 e. The van der Waals surface area contributed by atoms with Crippen molar-refractivity contribution in [3.8, 4) is 0 Å². The van der Waals surface area contributed by atoms with Crippen molar-refractivity contribution in [2.45, 2.75) is 6.54 Å². The molecule has 0 atom stereocenters. The van der Waals surface area contributed by atoms with Crippen molar-refractivity contribution in [3.63, 3.8) is 0 Å². The molecule has 2 nitrogen and oxygen atoms in total. The first kappa shape index (κ1) is 10.6. The van der Waals surface area contributed by atoms with Gasteiger partial charge in [0.05, 0.1) is 6.54 Å². The Labute approximate surface area is 106 Å². The maximum absolute atomic E-state index is 13.0.